The van der Waals surface area contributed by atoms with E-state index >= 15 is 0 Å². The lowest BCUT2D eigenvalue weighted by molar-refractivity contribution is -0.144. The summed E-state index contributed by atoms with van der Waals surface area (Å²) >= 11 is 1.66. The summed E-state index contributed by atoms with van der Waals surface area (Å²) in [6.45, 7) is 2.08. The highest BCUT2D eigenvalue weighted by atomic mass is 32.1. The molecule has 0 saturated carbocycles. The molecule has 0 amide bonds. The van der Waals surface area contributed by atoms with Gasteiger partial charge in [0.25, 0.3) is 0 Å². The molecule has 2 rings (SSSR count). The van der Waals surface area contributed by atoms with Gasteiger partial charge < -0.3 is 15.6 Å². The molecule has 0 spiro atoms. The van der Waals surface area contributed by atoms with Gasteiger partial charge >= 0.3 is 5.97 Å². The van der Waals surface area contributed by atoms with Gasteiger partial charge in [-0.1, -0.05) is 12.1 Å². The van der Waals surface area contributed by atoms with E-state index in [2.05, 4.69) is 0 Å². The molecule has 2 aromatic rings. The lowest BCUT2D eigenvalue weighted by Crippen LogP contribution is -2.34. The van der Waals surface area contributed by atoms with Crippen molar-refractivity contribution in [1.29, 1.82) is 0 Å². The normalized spacial score (nSPS) is 12.1. The van der Waals surface area contributed by atoms with E-state index in [1.807, 2.05) is 23.6 Å². The van der Waals surface area contributed by atoms with E-state index in [4.69, 9.17) is 10.5 Å². The van der Waals surface area contributed by atoms with Crippen LogP contribution in [-0.4, -0.2) is 23.7 Å². The van der Waals surface area contributed by atoms with Crippen LogP contribution >= 0.6 is 11.3 Å². The first-order valence-corrected chi connectivity index (χ1v) is 7.73. The molecular formula is C16H19NO3S. The Labute approximate surface area is 128 Å². The van der Waals surface area contributed by atoms with Crippen LogP contribution in [0.15, 0.2) is 35.7 Å². The molecule has 0 aliphatic heterocycles. The molecule has 0 bridgehead atoms. The standard InChI is InChI=1S/C16H19NO3S/c1-2-20-16(19)15(17)10-11-5-6-13(18)8-12(11)9-14-4-3-7-21-14/h3-8,15,18H,2,9-10,17H2,1H3/t15-/m0/s1. The van der Waals surface area contributed by atoms with Gasteiger partial charge in [-0.3, -0.25) is 4.79 Å². The number of phenols is 1. The number of phenolic OH excluding ortho intramolecular Hbond substituents is 1. The lowest BCUT2D eigenvalue weighted by atomic mass is 9.97. The van der Waals surface area contributed by atoms with Crippen molar-refractivity contribution in [2.24, 2.45) is 5.73 Å². The second kappa shape index (κ2) is 7.24. The van der Waals surface area contributed by atoms with Gasteiger partial charge in [0.1, 0.15) is 11.8 Å². The summed E-state index contributed by atoms with van der Waals surface area (Å²) in [4.78, 5) is 12.8. The van der Waals surface area contributed by atoms with Gasteiger partial charge in [-0.2, -0.15) is 0 Å². The molecular weight excluding hydrogens is 286 g/mol. The second-order valence-corrected chi connectivity index (χ2v) is 5.80. The Balaban J connectivity index is 2.16. The molecule has 1 aromatic heterocycles. The van der Waals surface area contributed by atoms with Gasteiger partial charge in [0.2, 0.25) is 0 Å². The Morgan fingerprint density at radius 1 is 1.38 bits per heavy atom. The van der Waals surface area contributed by atoms with Gasteiger partial charge in [-0.25, -0.2) is 0 Å². The molecule has 1 heterocycles. The highest BCUT2D eigenvalue weighted by molar-refractivity contribution is 7.09. The van der Waals surface area contributed by atoms with Crippen molar-refractivity contribution < 1.29 is 14.6 Å². The first kappa shape index (κ1) is 15.5. The molecule has 0 fully saturated rings. The quantitative estimate of drug-likeness (QED) is 0.804. The van der Waals surface area contributed by atoms with Crippen molar-refractivity contribution in [2.75, 3.05) is 6.61 Å². The third kappa shape index (κ3) is 4.31. The summed E-state index contributed by atoms with van der Waals surface area (Å²) in [5.74, 6) is -0.178. The van der Waals surface area contributed by atoms with E-state index < -0.39 is 12.0 Å². The number of benzene rings is 1. The van der Waals surface area contributed by atoms with Crippen molar-refractivity contribution >= 4 is 17.3 Å². The van der Waals surface area contributed by atoms with Gasteiger partial charge in [0.05, 0.1) is 6.61 Å². The van der Waals surface area contributed by atoms with Gasteiger partial charge in [-0.15, -0.1) is 11.3 Å². The minimum absolute atomic E-state index is 0.218. The smallest absolute Gasteiger partial charge is 0.323 e. The number of aromatic hydroxyl groups is 1. The van der Waals surface area contributed by atoms with Crippen LogP contribution < -0.4 is 5.73 Å². The largest absolute Gasteiger partial charge is 0.508 e. The number of carbonyl (C=O) groups excluding carboxylic acids is 1. The predicted molar refractivity (Wildman–Crippen MR) is 83.5 cm³/mol. The summed E-state index contributed by atoms with van der Waals surface area (Å²) in [5, 5.41) is 11.7. The van der Waals surface area contributed by atoms with Crippen LogP contribution in [0.2, 0.25) is 0 Å². The summed E-state index contributed by atoms with van der Waals surface area (Å²) in [6.07, 6.45) is 1.12. The SMILES string of the molecule is CCOC(=O)[C@@H](N)Cc1ccc(O)cc1Cc1cccs1. The highest BCUT2D eigenvalue weighted by Gasteiger charge is 2.17. The maximum atomic E-state index is 11.6. The van der Waals surface area contributed by atoms with Crippen LogP contribution in [0.25, 0.3) is 0 Å². The Hall–Kier alpha value is -1.85. The zero-order valence-electron chi connectivity index (χ0n) is 11.9. The predicted octanol–water partition coefficient (Wildman–Crippen LogP) is 2.48. The summed E-state index contributed by atoms with van der Waals surface area (Å²) in [6, 6.07) is 8.52. The van der Waals surface area contributed by atoms with Crippen molar-refractivity contribution in [3.05, 3.63) is 51.7 Å². The van der Waals surface area contributed by atoms with Crippen molar-refractivity contribution in [3.8, 4) is 5.75 Å². The van der Waals surface area contributed by atoms with Crippen LogP contribution in [0, 0.1) is 0 Å². The zero-order valence-corrected chi connectivity index (χ0v) is 12.7. The molecule has 4 nitrogen and oxygen atoms in total. The molecule has 0 unspecified atom stereocenters. The van der Waals surface area contributed by atoms with Crippen molar-refractivity contribution in [2.45, 2.75) is 25.8 Å². The highest BCUT2D eigenvalue weighted by Crippen LogP contribution is 2.23. The number of hydrogen-bond acceptors (Lipinski definition) is 5. The minimum Gasteiger partial charge on any atom is -0.508 e. The molecule has 5 heteroatoms. The molecule has 0 aliphatic rings. The Morgan fingerprint density at radius 2 is 2.19 bits per heavy atom. The Kier molecular flexibility index (Phi) is 5.36. The van der Waals surface area contributed by atoms with Crippen LogP contribution in [0.1, 0.15) is 22.9 Å². The van der Waals surface area contributed by atoms with E-state index in [0.717, 1.165) is 17.5 Å². The van der Waals surface area contributed by atoms with Crippen molar-refractivity contribution in [1.82, 2.24) is 0 Å². The maximum Gasteiger partial charge on any atom is 0.323 e. The minimum atomic E-state index is -0.684. The average Bonchev–Trinajstić information content (AvgIpc) is 2.95. The molecule has 0 saturated heterocycles. The van der Waals surface area contributed by atoms with E-state index in [-0.39, 0.29) is 5.75 Å². The zero-order chi connectivity index (χ0) is 15.2. The number of thiophene rings is 1. The van der Waals surface area contributed by atoms with Crippen LogP contribution in [0.4, 0.5) is 0 Å². The molecule has 3 N–H and O–H groups in total. The Morgan fingerprint density at radius 3 is 2.86 bits per heavy atom. The first-order chi connectivity index (χ1) is 10.1. The fourth-order valence-electron chi connectivity index (χ4n) is 2.15. The molecule has 0 radical (unpaired) electrons. The van der Waals surface area contributed by atoms with E-state index in [9.17, 15) is 9.90 Å². The fraction of sp³-hybridized carbons (Fsp3) is 0.312. The first-order valence-electron chi connectivity index (χ1n) is 6.85. The van der Waals surface area contributed by atoms with E-state index in [1.165, 1.54) is 4.88 Å². The van der Waals surface area contributed by atoms with E-state index in [0.29, 0.717) is 13.0 Å². The third-order valence-corrected chi connectivity index (χ3v) is 4.04. The van der Waals surface area contributed by atoms with Crippen LogP contribution in [0.3, 0.4) is 0 Å². The molecule has 112 valence electrons. The van der Waals surface area contributed by atoms with Crippen molar-refractivity contribution in [3.63, 3.8) is 0 Å². The fourth-order valence-corrected chi connectivity index (χ4v) is 2.87. The Bertz CT molecular complexity index is 596. The maximum absolute atomic E-state index is 11.6. The number of hydrogen-bond donors (Lipinski definition) is 2. The molecule has 21 heavy (non-hydrogen) atoms. The number of carbonyl (C=O) groups is 1. The second-order valence-electron chi connectivity index (χ2n) is 4.77. The monoisotopic (exact) mass is 305 g/mol. The molecule has 1 atom stereocenters. The summed E-state index contributed by atoms with van der Waals surface area (Å²) in [7, 11) is 0. The molecule has 0 aliphatic carbocycles. The average molecular weight is 305 g/mol. The van der Waals surface area contributed by atoms with Gasteiger partial charge in [0, 0.05) is 11.3 Å². The lowest BCUT2D eigenvalue weighted by Gasteiger charge is -2.14. The number of rotatable bonds is 6. The number of nitrogens with two attached hydrogens (primary N) is 1. The van der Waals surface area contributed by atoms with Crippen LogP contribution in [-0.2, 0) is 22.4 Å². The third-order valence-electron chi connectivity index (χ3n) is 3.16. The van der Waals surface area contributed by atoms with Crippen LogP contribution in [0.5, 0.6) is 5.75 Å². The molecule has 1 aromatic carbocycles. The topological polar surface area (TPSA) is 72.5 Å². The summed E-state index contributed by atoms with van der Waals surface area (Å²) in [5.41, 5.74) is 7.82. The number of ether oxygens (including phenoxy) is 1. The number of esters is 1. The van der Waals surface area contributed by atoms with Gasteiger partial charge in [0.15, 0.2) is 0 Å². The van der Waals surface area contributed by atoms with Gasteiger partial charge in [-0.05, 0) is 48.1 Å². The van der Waals surface area contributed by atoms with E-state index in [1.54, 1.807) is 30.4 Å². The summed E-state index contributed by atoms with van der Waals surface area (Å²) < 4.78 is 4.93.